The Labute approximate surface area is 149 Å². The number of rotatable bonds is 4. The molecule has 1 aromatic carbocycles. The van der Waals surface area contributed by atoms with Crippen molar-refractivity contribution in [3.05, 3.63) is 69.6 Å². The molecule has 3 aromatic rings. The smallest absolute Gasteiger partial charge is 0.267 e. The van der Waals surface area contributed by atoms with Gasteiger partial charge in [-0.05, 0) is 43.5 Å². The van der Waals surface area contributed by atoms with Crippen LogP contribution in [0.4, 0.5) is 5.82 Å². The lowest BCUT2D eigenvalue weighted by atomic mass is 10.2. The van der Waals surface area contributed by atoms with Crippen LogP contribution in [0, 0.1) is 25.2 Å². The summed E-state index contributed by atoms with van der Waals surface area (Å²) in [7, 11) is 0. The van der Waals surface area contributed by atoms with Crippen LogP contribution in [0.15, 0.2) is 53.4 Å². The topological polar surface area (TPSA) is 70.7 Å². The van der Waals surface area contributed by atoms with Gasteiger partial charge >= 0.3 is 0 Å². The Hall–Kier alpha value is -3.17. The zero-order valence-electron chi connectivity index (χ0n) is 13.9. The minimum atomic E-state index is -0.454. The summed E-state index contributed by atoms with van der Waals surface area (Å²) in [4.78, 5) is 13.3. The lowest BCUT2D eigenvalue weighted by Crippen LogP contribution is -2.16. The maximum Gasteiger partial charge on any atom is 0.267 e. The highest BCUT2D eigenvalue weighted by Crippen LogP contribution is 2.19. The minimum Gasteiger partial charge on any atom is -0.306 e. The number of nitriles is 1. The number of aromatic nitrogens is 2. The highest BCUT2D eigenvalue weighted by Gasteiger charge is 2.14. The van der Waals surface area contributed by atoms with E-state index in [0.717, 1.165) is 21.8 Å². The molecule has 2 aromatic heterocycles. The molecular formula is C19H16N4OS. The molecule has 1 amide bonds. The second kappa shape index (κ2) is 7.16. The van der Waals surface area contributed by atoms with E-state index in [1.54, 1.807) is 16.8 Å². The average molecular weight is 348 g/mol. The van der Waals surface area contributed by atoms with Crippen molar-refractivity contribution in [3.63, 3.8) is 0 Å². The van der Waals surface area contributed by atoms with Crippen LogP contribution in [0.2, 0.25) is 0 Å². The number of hydrogen-bond donors (Lipinski definition) is 1. The molecule has 0 atom stereocenters. The van der Waals surface area contributed by atoms with Gasteiger partial charge in [0, 0.05) is 10.9 Å². The Kier molecular flexibility index (Phi) is 4.78. The second-order valence-corrected chi connectivity index (χ2v) is 6.54. The van der Waals surface area contributed by atoms with Crippen LogP contribution in [0.5, 0.6) is 0 Å². The standard InChI is InChI=1S/C19H16N4OS/c1-13-5-7-16(8-6-13)23-18(10-14(2)22-23)21-19(24)15(12-20)11-17-4-3-9-25-17/h3-11H,1-2H3,(H,21,24)/b15-11+. The summed E-state index contributed by atoms with van der Waals surface area (Å²) in [5.41, 5.74) is 2.81. The normalized spacial score (nSPS) is 11.2. The summed E-state index contributed by atoms with van der Waals surface area (Å²) in [6.07, 6.45) is 1.58. The van der Waals surface area contributed by atoms with E-state index < -0.39 is 5.91 Å². The van der Waals surface area contributed by atoms with E-state index in [4.69, 9.17) is 0 Å². The SMILES string of the molecule is Cc1ccc(-n2nc(C)cc2NC(=O)/C(C#N)=C/c2cccs2)cc1. The van der Waals surface area contributed by atoms with Gasteiger partial charge in [-0.3, -0.25) is 4.79 Å². The Bertz CT molecular complexity index is 960. The number of benzene rings is 1. The van der Waals surface area contributed by atoms with Crippen LogP contribution >= 0.6 is 11.3 Å². The number of nitrogens with zero attached hydrogens (tertiary/aromatic N) is 3. The molecule has 0 saturated carbocycles. The molecule has 0 aliphatic rings. The third-order valence-electron chi connectivity index (χ3n) is 3.55. The van der Waals surface area contributed by atoms with Crippen molar-refractivity contribution < 1.29 is 4.79 Å². The lowest BCUT2D eigenvalue weighted by molar-refractivity contribution is -0.112. The molecule has 5 nitrogen and oxygen atoms in total. The number of hydrogen-bond acceptors (Lipinski definition) is 4. The molecule has 6 heteroatoms. The van der Waals surface area contributed by atoms with Gasteiger partial charge in [-0.25, -0.2) is 4.68 Å². The molecule has 0 saturated heterocycles. The molecule has 0 fully saturated rings. The van der Waals surface area contributed by atoms with Gasteiger partial charge in [0.05, 0.1) is 11.4 Å². The van der Waals surface area contributed by atoms with Gasteiger partial charge in [0.2, 0.25) is 0 Å². The molecule has 3 rings (SSSR count). The lowest BCUT2D eigenvalue weighted by Gasteiger charge is -2.08. The van der Waals surface area contributed by atoms with E-state index in [-0.39, 0.29) is 5.57 Å². The van der Waals surface area contributed by atoms with Crippen molar-refractivity contribution in [2.45, 2.75) is 13.8 Å². The molecule has 0 unspecified atom stereocenters. The van der Waals surface area contributed by atoms with Gasteiger partial charge in [0.25, 0.3) is 5.91 Å². The molecule has 0 spiro atoms. The summed E-state index contributed by atoms with van der Waals surface area (Å²) >= 11 is 1.47. The first kappa shape index (κ1) is 16.7. The number of carbonyl (C=O) groups excluding carboxylic acids is 1. The molecule has 0 bridgehead atoms. The van der Waals surface area contributed by atoms with E-state index in [2.05, 4.69) is 10.4 Å². The Balaban J connectivity index is 1.89. The first-order valence-electron chi connectivity index (χ1n) is 7.67. The van der Waals surface area contributed by atoms with Crippen LogP contribution in [-0.2, 0) is 4.79 Å². The summed E-state index contributed by atoms with van der Waals surface area (Å²) in [6.45, 7) is 3.86. The maximum atomic E-state index is 12.5. The molecule has 2 heterocycles. The van der Waals surface area contributed by atoms with Crippen molar-refractivity contribution in [2.24, 2.45) is 0 Å². The number of nitrogens with one attached hydrogen (secondary N) is 1. The molecule has 0 aliphatic carbocycles. The van der Waals surface area contributed by atoms with E-state index in [1.807, 2.05) is 61.7 Å². The zero-order chi connectivity index (χ0) is 17.8. The quantitative estimate of drug-likeness (QED) is 0.570. The molecule has 0 aliphatic heterocycles. The number of anilines is 1. The summed E-state index contributed by atoms with van der Waals surface area (Å²) < 4.78 is 1.66. The van der Waals surface area contributed by atoms with E-state index in [1.165, 1.54) is 11.3 Å². The van der Waals surface area contributed by atoms with Gasteiger partial charge in [-0.15, -0.1) is 11.3 Å². The Morgan fingerprint density at radius 2 is 2.04 bits per heavy atom. The van der Waals surface area contributed by atoms with Crippen molar-refractivity contribution in [1.29, 1.82) is 5.26 Å². The van der Waals surface area contributed by atoms with E-state index in [9.17, 15) is 10.1 Å². The zero-order valence-corrected chi connectivity index (χ0v) is 14.7. The fourth-order valence-electron chi connectivity index (χ4n) is 2.32. The molecule has 1 N–H and O–H groups in total. The van der Waals surface area contributed by atoms with Crippen LogP contribution in [-0.4, -0.2) is 15.7 Å². The third kappa shape index (κ3) is 3.84. The van der Waals surface area contributed by atoms with Crippen LogP contribution in [0.1, 0.15) is 16.1 Å². The fraction of sp³-hybridized carbons (Fsp3) is 0.105. The fourth-order valence-corrected chi connectivity index (χ4v) is 2.98. The van der Waals surface area contributed by atoms with Crippen molar-refractivity contribution in [3.8, 4) is 11.8 Å². The summed E-state index contributed by atoms with van der Waals surface area (Å²) in [5.74, 6) is 0.0721. The predicted molar refractivity (Wildman–Crippen MR) is 99.6 cm³/mol. The Morgan fingerprint density at radius 1 is 1.28 bits per heavy atom. The molecule has 25 heavy (non-hydrogen) atoms. The minimum absolute atomic E-state index is 0.0526. The average Bonchev–Trinajstić information content (AvgIpc) is 3.23. The van der Waals surface area contributed by atoms with Crippen molar-refractivity contribution in [1.82, 2.24) is 9.78 Å². The van der Waals surface area contributed by atoms with E-state index >= 15 is 0 Å². The van der Waals surface area contributed by atoms with Crippen LogP contribution < -0.4 is 5.32 Å². The summed E-state index contributed by atoms with van der Waals surface area (Å²) in [5, 5.41) is 18.4. The number of thiophene rings is 1. The third-order valence-corrected chi connectivity index (χ3v) is 4.37. The van der Waals surface area contributed by atoms with E-state index in [0.29, 0.717) is 5.82 Å². The monoisotopic (exact) mass is 348 g/mol. The van der Waals surface area contributed by atoms with Crippen molar-refractivity contribution >= 4 is 29.1 Å². The first-order chi connectivity index (χ1) is 12.1. The second-order valence-electron chi connectivity index (χ2n) is 5.56. The van der Waals surface area contributed by atoms with Gasteiger partial charge in [-0.1, -0.05) is 23.8 Å². The maximum absolute atomic E-state index is 12.5. The van der Waals surface area contributed by atoms with Gasteiger partial charge in [0.1, 0.15) is 17.5 Å². The van der Waals surface area contributed by atoms with Crippen LogP contribution in [0.25, 0.3) is 11.8 Å². The largest absolute Gasteiger partial charge is 0.306 e. The highest BCUT2D eigenvalue weighted by molar-refractivity contribution is 7.10. The molecule has 124 valence electrons. The number of amides is 1. The van der Waals surface area contributed by atoms with Gasteiger partial charge < -0.3 is 5.32 Å². The van der Waals surface area contributed by atoms with Crippen molar-refractivity contribution in [2.75, 3.05) is 5.32 Å². The number of carbonyl (C=O) groups is 1. The van der Waals surface area contributed by atoms with Crippen LogP contribution in [0.3, 0.4) is 0 Å². The van der Waals surface area contributed by atoms with Gasteiger partial charge in [0.15, 0.2) is 0 Å². The predicted octanol–water partition coefficient (Wildman–Crippen LogP) is 4.10. The number of aryl methyl sites for hydroxylation is 2. The first-order valence-corrected chi connectivity index (χ1v) is 8.55. The summed E-state index contributed by atoms with van der Waals surface area (Å²) in [6, 6.07) is 15.3. The molecule has 0 radical (unpaired) electrons. The highest BCUT2D eigenvalue weighted by atomic mass is 32.1. The molecular weight excluding hydrogens is 332 g/mol. The Morgan fingerprint density at radius 3 is 2.68 bits per heavy atom. The van der Waals surface area contributed by atoms with Gasteiger partial charge in [-0.2, -0.15) is 10.4 Å².